The van der Waals surface area contributed by atoms with E-state index < -0.39 is 30.6 Å². The molecule has 0 aromatic heterocycles. The molecule has 7 nitrogen and oxygen atoms in total. The van der Waals surface area contributed by atoms with Crippen molar-refractivity contribution in [3.63, 3.8) is 0 Å². The summed E-state index contributed by atoms with van der Waals surface area (Å²) in [6.07, 6.45) is -3.49. The van der Waals surface area contributed by atoms with Crippen LogP contribution in [0.5, 0.6) is 0 Å². The van der Waals surface area contributed by atoms with Gasteiger partial charge in [0.1, 0.15) is 6.10 Å². The van der Waals surface area contributed by atoms with Crippen LogP contribution in [0.25, 0.3) is 10.4 Å². The van der Waals surface area contributed by atoms with E-state index in [-0.39, 0.29) is 6.61 Å². The first-order valence-corrected chi connectivity index (χ1v) is 3.91. The van der Waals surface area contributed by atoms with Crippen molar-refractivity contribution in [1.82, 2.24) is 0 Å². The molecule has 0 radical (unpaired) electrons. The van der Waals surface area contributed by atoms with Gasteiger partial charge in [-0.1, -0.05) is 5.11 Å². The zero-order valence-corrected chi connectivity index (χ0v) is 6.65. The Bertz CT molecular complexity index is 254. The minimum Gasteiger partial charge on any atom is -0.390 e. The van der Waals surface area contributed by atoms with Crippen LogP contribution in [0.15, 0.2) is 5.11 Å². The fraction of sp³-hybridized carbons (Fsp3) is 1.00. The molecule has 0 amide bonds. The summed E-state index contributed by atoms with van der Waals surface area (Å²) in [5.74, 6) is 0. The van der Waals surface area contributed by atoms with E-state index in [0.717, 1.165) is 0 Å². The van der Waals surface area contributed by atoms with Gasteiger partial charge in [0.05, 0.1) is 24.9 Å². The van der Waals surface area contributed by atoms with E-state index in [2.05, 4.69) is 10.0 Å². The highest BCUT2D eigenvalue weighted by Gasteiger charge is 2.49. The van der Waals surface area contributed by atoms with Crippen molar-refractivity contribution in [2.24, 2.45) is 5.11 Å². The van der Waals surface area contributed by atoms with Gasteiger partial charge >= 0.3 is 0 Å². The summed E-state index contributed by atoms with van der Waals surface area (Å²) >= 11 is 0. The molecule has 2 saturated heterocycles. The number of fused-ring (bicyclic) bond motifs is 2. The summed E-state index contributed by atoms with van der Waals surface area (Å²) in [7, 11) is 0. The first kappa shape index (κ1) is 8.74. The van der Waals surface area contributed by atoms with Crippen LogP contribution in [-0.4, -0.2) is 47.5 Å². The van der Waals surface area contributed by atoms with Gasteiger partial charge in [0.2, 0.25) is 0 Å². The molecule has 0 saturated carbocycles. The van der Waals surface area contributed by atoms with Crippen molar-refractivity contribution in [1.29, 1.82) is 0 Å². The van der Waals surface area contributed by atoms with Gasteiger partial charge in [0.15, 0.2) is 6.29 Å². The van der Waals surface area contributed by atoms with Gasteiger partial charge in [-0.2, -0.15) is 0 Å². The van der Waals surface area contributed by atoms with Gasteiger partial charge in [-0.05, 0) is 5.53 Å². The van der Waals surface area contributed by atoms with Crippen molar-refractivity contribution < 1.29 is 19.7 Å². The largest absolute Gasteiger partial charge is 0.390 e. The highest BCUT2D eigenvalue weighted by atomic mass is 16.7. The van der Waals surface area contributed by atoms with E-state index in [1.165, 1.54) is 0 Å². The van der Waals surface area contributed by atoms with Crippen molar-refractivity contribution in [2.45, 2.75) is 30.6 Å². The number of hydrogen-bond donors (Lipinski definition) is 2. The molecule has 13 heavy (non-hydrogen) atoms. The lowest BCUT2D eigenvalue weighted by atomic mass is 9.99. The molecule has 0 aliphatic carbocycles. The Morgan fingerprint density at radius 3 is 2.85 bits per heavy atom. The Labute approximate surface area is 73.5 Å². The van der Waals surface area contributed by atoms with E-state index >= 15 is 0 Å². The normalized spacial score (nSPS) is 48.6. The lowest BCUT2D eigenvalue weighted by molar-refractivity contribution is -0.198. The number of azide groups is 1. The number of hydrogen-bond acceptors (Lipinski definition) is 5. The number of nitrogens with zero attached hydrogens (tertiary/aromatic N) is 3. The third kappa shape index (κ3) is 1.27. The van der Waals surface area contributed by atoms with Crippen LogP contribution in [-0.2, 0) is 9.47 Å². The van der Waals surface area contributed by atoms with Gasteiger partial charge in [-0.3, -0.25) is 0 Å². The molecule has 0 spiro atoms. The van der Waals surface area contributed by atoms with Gasteiger partial charge in [0.25, 0.3) is 0 Å². The Balaban J connectivity index is 2.21. The van der Waals surface area contributed by atoms with Crippen LogP contribution < -0.4 is 0 Å². The van der Waals surface area contributed by atoms with Gasteiger partial charge in [-0.15, -0.1) is 0 Å². The highest BCUT2D eigenvalue weighted by Crippen LogP contribution is 2.29. The molecule has 7 heteroatoms. The maximum absolute atomic E-state index is 9.47. The fourth-order valence-corrected chi connectivity index (χ4v) is 1.58. The second-order valence-corrected chi connectivity index (χ2v) is 3.05. The van der Waals surface area contributed by atoms with E-state index in [0.29, 0.717) is 0 Å². The van der Waals surface area contributed by atoms with Crippen LogP contribution in [0.3, 0.4) is 0 Å². The second kappa shape index (κ2) is 3.13. The summed E-state index contributed by atoms with van der Waals surface area (Å²) in [6.45, 7) is 0.239. The molecule has 2 fully saturated rings. The Morgan fingerprint density at radius 2 is 2.15 bits per heavy atom. The maximum atomic E-state index is 9.47. The summed E-state index contributed by atoms with van der Waals surface area (Å²) in [6, 6.07) is -0.765. The minimum atomic E-state index is -1.14. The lowest BCUT2D eigenvalue weighted by Gasteiger charge is -2.32. The smallest absolute Gasteiger partial charge is 0.186 e. The lowest BCUT2D eigenvalue weighted by Crippen LogP contribution is -2.52. The molecule has 2 aliphatic rings. The molecule has 5 atom stereocenters. The van der Waals surface area contributed by atoms with Gasteiger partial charge in [-0.25, -0.2) is 0 Å². The predicted octanol–water partition coefficient (Wildman–Crippen LogP) is -0.858. The molecule has 2 rings (SSSR count). The average molecular weight is 187 g/mol. The average Bonchev–Trinajstić information content (AvgIpc) is 2.56. The minimum absolute atomic E-state index is 0.239. The van der Waals surface area contributed by atoms with E-state index in [9.17, 15) is 10.2 Å². The highest BCUT2D eigenvalue weighted by molar-refractivity contribution is 4.97. The van der Waals surface area contributed by atoms with Crippen LogP contribution in [0, 0.1) is 0 Å². The molecule has 0 aromatic carbocycles. The second-order valence-electron chi connectivity index (χ2n) is 3.05. The fourth-order valence-electron chi connectivity index (χ4n) is 1.58. The SMILES string of the molecule is [N-]=[N+]=N[C@H]1[C@H](O)[C@H](O)[C@@H]2OC[C@H]1O2. The Kier molecular flexibility index (Phi) is 2.10. The van der Waals surface area contributed by atoms with Crippen molar-refractivity contribution in [2.75, 3.05) is 6.61 Å². The molecule has 0 aromatic rings. The van der Waals surface area contributed by atoms with Crippen LogP contribution >= 0.6 is 0 Å². The Hall–Kier alpha value is -0.850. The van der Waals surface area contributed by atoms with Crippen LogP contribution in [0.4, 0.5) is 0 Å². The number of rotatable bonds is 1. The molecular weight excluding hydrogens is 178 g/mol. The van der Waals surface area contributed by atoms with E-state index in [4.69, 9.17) is 15.0 Å². The molecule has 2 N–H and O–H groups in total. The van der Waals surface area contributed by atoms with Gasteiger partial charge in [0, 0.05) is 4.91 Å². The number of ether oxygens (including phenoxy) is 2. The van der Waals surface area contributed by atoms with E-state index in [1.807, 2.05) is 0 Å². The summed E-state index contributed by atoms with van der Waals surface area (Å²) < 4.78 is 10.2. The van der Waals surface area contributed by atoms with Crippen molar-refractivity contribution in [3.8, 4) is 0 Å². The van der Waals surface area contributed by atoms with Crippen LogP contribution in [0.2, 0.25) is 0 Å². The monoisotopic (exact) mass is 187 g/mol. The standard InChI is InChI=1S/C6H9N3O4/c7-9-8-3-2-1-12-6(13-2)5(11)4(3)10/h2-6,10-11H,1H2/t2-,3-,4+,5+,6-/m1/s1. The number of aliphatic hydroxyl groups is 2. The zero-order valence-electron chi connectivity index (χ0n) is 6.65. The Morgan fingerprint density at radius 1 is 1.38 bits per heavy atom. The maximum Gasteiger partial charge on any atom is 0.186 e. The quantitative estimate of drug-likeness (QED) is 0.316. The van der Waals surface area contributed by atoms with Gasteiger partial charge < -0.3 is 19.7 Å². The third-order valence-corrected chi connectivity index (χ3v) is 2.28. The summed E-state index contributed by atoms with van der Waals surface area (Å²) in [5, 5.41) is 22.2. The number of aliphatic hydroxyl groups excluding tert-OH is 2. The molecule has 72 valence electrons. The first-order chi connectivity index (χ1) is 6.24. The summed E-state index contributed by atoms with van der Waals surface area (Å²) in [5.41, 5.74) is 8.22. The molecule has 2 heterocycles. The topological polar surface area (TPSA) is 108 Å². The molecule has 0 unspecified atom stereocenters. The van der Waals surface area contributed by atoms with E-state index in [1.54, 1.807) is 0 Å². The first-order valence-electron chi connectivity index (χ1n) is 3.91. The molecular formula is C6H9N3O4. The van der Waals surface area contributed by atoms with Crippen LogP contribution in [0.1, 0.15) is 0 Å². The van der Waals surface area contributed by atoms with Crippen molar-refractivity contribution >= 4 is 0 Å². The van der Waals surface area contributed by atoms with Crippen molar-refractivity contribution in [3.05, 3.63) is 10.4 Å². The molecule has 2 bridgehead atoms. The zero-order chi connectivity index (χ0) is 9.42. The summed E-state index contributed by atoms with van der Waals surface area (Å²) in [4.78, 5) is 2.58. The third-order valence-electron chi connectivity index (χ3n) is 2.28. The predicted molar refractivity (Wildman–Crippen MR) is 39.6 cm³/mol. The molecule has 2 aliphatic heterocycles.